The monoisotopic (exact) mass is 399 g/mol. The molecule has 0 radical (unpaired) electrons. The number of hydrogen-bond acceptors (Lipinski definition) is 6. The Morgan fingerprint density at radius 2 is 1.55 bits per heavy atom. The minimum absolute atomic E-state index is 0.0810. The number of phenolic OH excluding ortho intramolecular Hbond substituents is 1. The Balaban J connectivity index is 1.78. The first-order valence-corrected chi connectivity index (χ1v) is 10.2. The third-order valence-electron chi connectivity index (χ3n) is 5.05. The van der Waals surface area contributed by atoms with Crippen LogP contribution in [0.1, 0.15) is 18.4 Å². The zero-order chi connectivity index (χ0) is 20.5. The molecule has 0 atom stereocenters. The molecule has 29 heavy (non-hydrogen) atoms. The Hall–Kier alpha value is -2.71. The lowest BCUT2D eigenvalue weighted by molar-refractivity contribution is -0.135. The first kappa shape index (κ1) is 21.0. The van der Waals surface area contributed by atoms with Crippen molar-refractivity contribution >= 4 is 22.7 Å². The summed E-state index contributed by atoms with van der Waals surface area (Å²) < 4.78 is 0. The number of rotatable bonds is 2. The molecule has 0 bridgehead atoms. The molecular weight excluding hydrogens is 370 g/mol. The van der Waals surface area contributed by atoms with E-state index < -0.39 is 5.92 Å². The van der Waals surface area contributed by atoms with Gasteiger partial charge in [-0.2, -0.15) is 0 Å². The van der Waals surface area contributed by atoms with E-state index in [0.717, 1.165) is 36.9 Å². The molecule has 5 N–H and O–H groups in total. The Kier molecular flexibility index (Phi) is 7.77. The molecule has 3 rings (SSSR count). The van der Waals surface area contributed by atoms with E-state index in [0.29, 0.717) is 31.7 Å². The van der Waals surface area contributed by atoms with E-state index in [1.807, 2.05) is 6.07 Å². The summed E-state index contributed by atoms with van der Waals surface area (Å²) in [6, 6.07) is 6.92. The summed E-state index contributed by atoms with van der Waals surface area (Å²) in [6.07, 6.45) is 3.98. The predicted molar refractivity (Wildman–Crippen MR) is 112 cm³/mol. The summed E-state index contributed by atoms with van der Waals surface area (Å²) in [4.78, 5) is 29.8. The van der Waals surface area contributed by atoms with Gasteiger partial charge in [-0.1, -0.05) is 12.1 Å². The maximum absolute atomic E-state index is 12.8. The van der Waals surface area contributed by atoms with Crippen molar-refractivity contribution in [2.45, 2.75) is 19.3 Å². The predicted octanol–water partition coefficient (Wildman–Crippen LogP) is 0.305. The second-order valence-electron chi connectivity index (χ2n) is 7.19. The number of aromatic nitrogens is 1. The highest BCUT2D eigenvalue weighted by molar-refractivity contribution is 6.01. The first-order chi connectivity index (χ1) is 14.2. The van der Waals surface area contributed by atoms with Gasteiger partial charge >= 0.3 is 0 Å². The van der Waals surface area contributed by atoms with Crippen molar-refractivity contribution in [2.24, 2.45) is 5.92 Å². The fourth-order valence-corrected chi connectivity index (χ4v) is 3.46. The second kappa shape index (κ2) is 10.7. The van der Waals surface area contributed by atoms with Crippen molar-refractivity contribution < 1.29 is 14.7 Å². The van der Waals surface area contributed by atoms with E-state index in [1.54, 1.807) is 24.4 Å². The lowest BCUT2D eigenvalue weighted by atomic mass is 9.94. The van der Waals surface area contributed by atoms with Gasteiger partial charge in [0.1, 0.15) is 17.2 Å². The van der Waals surface area contributed by atoms with Gasteiger partial charge in [0.25, 0.3) is 0 Å². The highest BCUT2D eigenvalue weighted by Crippen LogP contribution is 2.27. The van der Waals surface area contributed by atoms with E-state index in [9.17, 15) is 14.7 Å². The molecule has 1 aromatic carbocycles. The number of benzene rings is 1. The van der Waals surface area contributed by atoms with Crippen molar-refractivity contribution in [3.8, 4) is 5.75 Å². The molecule has 0 spiro atoms. The third kappa shape index (κ3) is 5.88. The van der Waals surface area contributed by atoms with Gasteiger partial charge in [-0.15, -0.1) is 0 Å². The van der Waals surface area contributed by atoms with E-state index in [4.69, 9.17) is 0 Å². The molecule has 8 heteroatoms. The lowest BCUT2D eigenvalue weighted by Crippen LogP contribution is -2.45. The zero-order valence-electron chi connectivity index (χ0n) is 16.5. The molecule has 1 aromatic heterocycles. The number of nitrogens with one attached hydrogen (secondary N) is 4. The van der Waals surface area contributed by atoms with Crippen LogP contribution in [0, 0.1) is 5.92 Å². The number of nitrogens with zero attached hydrogens (tertiary/aromatic N) is 1. The number of phenols is 1. The van der Waals surface area contributed by atoms with E-state index in [1.165, 1.54) is 0 Å². The standard InChI is InChI=1S/C21H29N5O3/c27-18-6-5-15(16-4-3-9-24-19(16)18)14-17-20(28)25-12-10-22-7-1-2-8-23-11-13-26-21(17)29/h3-6,9,17,22-23,27H,1-2,7-8,10-14H2,(H,25,28)(H,26,29). The summed E-state index contributed by atoms with van der Waals surface area (Å²) in [5.41, 5.74) is 1.27. The largest absolute Gasteiger partial charge is 0.506 e. The van der Waals surface area contributed by atoms with Crippen molar-refractivity contribution in [1.82, 2.24) is 26.3 Å². The number of amides is 2. The summed E-state index contributed by atoms with van der Waals surface area (Å²) in [7, 11) is 0. The van der Waals surface area contributed by atoms with Gasteiger partial charge in [0.2, 0.25) is 11.8 Å². The number of hydrogen-bond donors (Lipinski definition) is 5. The molecular formula is C21H29N5O3. The number of pyridine rings is 1. The Labute approximate surface area is 170 Å². The van der Waals surface area contributed by atoms with Gasteiger partial charge < -0.3 is 26.4 Å². The molecule has 1 aliphatic heterocycles. The van der Waals surface area contributed by atoms with Crippen LogP contribution >= 0.6 is 0 Å². The Morgan fingerprint density at radius 3 is 2.21 bits per heavy atom. The van der Waals surface area contributed by atoms with Crippen LogP contribution in [-0.4, -0.2) is 61.2 Å². The van der Waals surface area contributed by atoms with Crippen LogP contribution in [0.15, 0.2) is 30.5 Å². The third-order valence-corrected chi connectivity index (χ3v) is 5.05. The van der Waals surface area contributed by atoms with Crippen LogP contribution in [0.4, 0.5) is 0 Å². The molecule has 1 fully saturated rings. The molecule has 0 saturated carbocycles. The summed E-state index contributed by atoms with van der Waals surface area (Å²) in [5, 5.41) is 23.1. The summed E-state index contributed by atoms with van der Waals surface area (Å²) >= 11 is 0. The minimum Gasteiger partial charge on any atom is -0.506 e. The number of aromatic hydroxyl groups is 1. The van der Waals surface area contributed by atoms with Crippen molar-refractivity contribution in [3.05, 3.63) is 36.0 Å². The topological polar surface area (TPSA) is 115 Å². The molecule has 0 unspecified atom stereocenters. The van der Waals surface area contributed by atoms with Gasteiger partial charge in [0.05, 0.1) is 0 Å². The molecule has 2 aromatic rings. The van der Waals surface area contributed by atoms with Crippen molar-refractivity contribution in [2.75, 3.05) is 39.3 Å². The van der Waals surface area contributed by atoms with Crippen LogP contribution in [0.3, 0.4) is 0 Å². The SMILES string of the molecule is O=C1NCCNCCCCNCCNC(=O)C1Cc1ccc(O)c2ncccc12. The highest BCUT2D eigenvalue weighted by atomic mass is 16.3. The normalized spacial score (nSPS) is 18.5. The van der Waals surface area contributed by atoms with Gasteiger partial charge in [-0.05, 0) is 50.0 Å². The molecule has 0 aliphatic carbocycles. The van der Waals surface area contributed by atoms with Crippen LogP contribution in [0.25, 0.3) is 10.9 Å². The molecule has 156 valence electrons. The Morgan fingerprint density at radius 1 is 0.897 bits per heavy atom. The quantitative estimate of drug-likeness (QED) is 0.464. The van der Waals surface area contributed by atoms with E-state index in [2.05, 4.69) is 26.3 Å². The fourth-order valence-electron chi connectivity index (χ4n) is 3.46. The minimum atomic E-state index is -0.854. The van der Waals surface area contributed by atoms with Crippen LogP contribution in [0.5, 0.6) is 5.75 Å². The molecule has 2 heterocycles. The molecule has 1 aliphatic rings. The smallest absolute Gasteiger partial charge is 0.232 e. The average Bonchev–Trinajstić information content (AvgIpc) is 2.74. The van der Waals surface area contributed by atoms with E-state index in [-0.39, 0.29) is 24.0 Å². The van der Waals surface area contributed by atoms with Gasteiger partial charge in [0.15, 0.2) is 0 Å². The maximum Gasteiger partial charge on any atom is 0.232 e. The first-order valence-electron chi connectivity index (χ1n) is 10.2. The highest BCUT2D eigenvalue weighted by Gasteiger charge is 2.27. The molecule has 2 amide bonds. The molecule has 8 nitrogen and oxygen atoms in total. The van der Waals surface area contributed by atoms with Crippen LogP contribution < -0.4 is 21.3 Å². The number of carbonyl (C=O) groups is 2. The average molecular weight is 399 g/mol. The summed E-state index contributed by atoms with van der Waals surface area (Å²) in [6.45, 7) is 4.09. The van der Waals surface area contributed by atoms with E-state index >= 15 is 0 Å². The van der Waals surface area contributed by atoms with Gasteiger partial charge in [-0.3, -0.25) is 14.6 Å². The molecule has 1 saturated heterocycles. The van der Waals surface area contributed by atoms with Gasteiger partial charge in [-0.25, -0.2) is 0 Å². The number of fused-ring (bicyclic) bond motifs is 1. The van der Waals surface area contributed by atoms with Crippen molar-refractivity contribution in [1.29, 1.82) is 0 Å². The Bertz CT molecular complexity index is 816. The number of carbonyl (C=O) groups excluding carboxylic acids is 2. The lowest BCUT2D eigenvalue weighted by Gasteiger charge is -2.18. The fraction of sp³-hybridized carbons (Fsp3) is 0.476. The second-order valence-corrected chi connectivity index (χ2v) is 7.19. The van der Waals surface area contributed by atoms with Crippen LogP contribution in [0.2, 0.25) is 0 Å². The maximum atomic E-state index is 12.8. The summed E-state index contributed by atoms with van der Waals surface area (Å²) in [5.74, 6) is -1.36. The van der Waals surface area contributed by atoms with Crippen molar-refractivity contribution in [3.63, 3.8) is 0 Å². The van der Waals surface area contributed by atoms with Crippen LogP contribution in [-0.2, 0) is 16.0 Å². The zero-order valence-corrected chi connectivity index (χ0v) is 16.5. The van der Waals surface area contributed by atoms with Gasteiger partial charge in [0, 0.05) is 37.8 Å².